The Bertz CT molecular complexity index is 1190. The maximum Gasteiger partial charge on any atom is 0.296 e. The standard InChI is InChI=1S/C19H22Cl2N6O5S.Na/c1-11-13(10-22)18(23-4-2-6-28)25-19(24-5-3-7-29)16(11)26-27-17-14(21)8-12(20)9-15(17)33(30,31)32;/h8-9,28-29H,2-7H2,1H3,(H2,23,24,25)(H,30,31,32);. The van der Waals surface area contributed by atoms with E-state index in [1.807, 2.05) is 6.07 Å². The zero-order valence-corrected chi connectivity index (χ0v) is 22.8. The Morgan fingerprint density at radius 3 is 2.15 bits per heavy atom. The molecule has 0 aliphatic carbocycles. The van der Waals surface area contributed by atoms with Crippen molar-refractivity contribution in [3.05, 3.63) is 33.3 Å². The summed E-state index contributed by atoms with van der Waals surface area (Å²) in [6.45, 7) is 2.19. The summed E-state index contributed by atoms with van der Waals surface area (Å²) in [6, 6.07) is 4.27. The molecule has 0 bridgehead atoms. The summed E-state index contributed by atoms with van der Waals surface area (Å²) in [6.07, 6.45) is 0.842. The van der Waals surface area contributed by atoms with E-state index in [9.17, 15) is 18.2 Å². The third kappa shape index (κ3) is 8.01. The summed E-state index contributed by atoms with van der Waals surface area (Å²) < 4.78 is 33.1. The van der Waals surface area contributed by atoms with Crippen LogP contribution in [0, 0.1) is 18.3 Å². The van der Waals surface area contributed by atoms with Crippen molar-refractivity contribution >= 4 is 85.9 Å². The van der Waals surface area contributed by atoms with Gasteiger partial charge >= 0.3 is 0 Å². The van der Waals surface area contributed by atoms with Gasteiger partial charge in [-0.25, -0.2) is 4.98 Å². The topological polar surface area (TPSA) is 180 Å². The maximum atomic E-state index is 11.8. The number of hydrogen-bond acceptors (Lipinski definition) is 10. The van der Waals surface area contributed by atoms with Crippen LogP contribution in [0.1, 0.15) is 24.0 Å². The molecule has 11 nitrogen and oxygen atoms in total. The molecule has 179 valence electrons. The molecule has 0 saturated heterocycles. The van der Waals surface area contributed by atoms with Crippen LogP contribution < -0.4 is 10.6 Å². The minimum absolute atomic E-state index is 0. The van der Waals surface area contributed by atoms with Crippen LogP contribution in [-0.2, 0) is 10.1 Å². The maximum absolute atomic E-state index is 11.8. The molecule has 1 heterocycles. The van der Waals surface area contributed by atoms with Crippen molar-refractivity contribution in [2.45, 2.75) is 24.7 Å². The van der Waals surface area contributed by atoms with Crippen molar-refractivity contribution in [2.75, 3.05) is 36.9 Å². The van der Waals surface area contributed by atoms with E-state index in [4.69, 9.17) is 33.4 Å². The molecule has 2 rings (SSSR count). The van der Waals surface area contributed by atoms with E-state index in [1.54, 1.807) is 6.92 Å². The first-order chi connectivity index (χ1) is 15.6. The fourth-order valence-electron chi connectivity index (χ4n) is 2.71. The zero-order chi connectivity index (χ0) is 24.6. The SMILES string of the molecule is Cc1c(C#N)c(NCCCO)nc(NCCCO)c1N=Nc1c(Cl)cc(Cl)cc1S(=O)(=O)O.[Na]. The number of anilines is 2. The number of azo groups is 1. The van der Waals surface area contributed by atoms with Gasteiger partial charge in [0.2, 0.25) is 0 Å². The van der Waals surface area contributed by atoms with Gasteiger partial charge in [-0.3, -0.25) is 4.55 Å². The van der Waals surface area contributed by atoms with Gasteiger partial charge in [0.05, 0.1) is 10.6 Å². The van der Waals surface area contributed by atoms with Gasteiger partial charge in [-0.05, 0) is 31.9 Å². The number of pyridine rings is 1. The Morgan fingerprint density at radius 2 is 1.62 bits per heavy atom. The summed E-state index contributed by atoms with van der Waals surface area (Å²) in [5.74, 6) is 0.478. The van der Waals surface area contributed by atoms with Gasteiger partial charge < -0.3 is 20.8 Å². The Balaban J connectivity index is 0.00000578. The van der Waals surface area contributed by atoms with Crippen LogP contribution in [0.25, 0.3) is 0 Å². The first-order valence-electron chi connectivity index (χ1n) is 9.66. The van der Waals surface area contributed by atoms with E-state index in [2.05, 4.69) is 25.8 Å². The van der Waals surface area contributed by atoms with Gasteiger partial charge in [0.25, 0.3) is 10.1 Å². The number of halogens is 2. The van der Waals surface area contributed by atoms with Gasteiger partial charge in [0, 0.05) is 66.4 Å². The number of aromatic nitrogens is 1. The quantitative estimate of drug-likeness (QED) is 0.123. The molecule has 1 aromatic heterocycles. The fourth-order valence-corrected chi connectivity index (χ4v) is 4.04. The number of hydrogen-bond donors (Lipinski definition) is 5. The number of nitrogens with zero attached hydrogens (tertiary/aromatic N) is 4. The third-order valence-corrected chi connectivity index (χ3v) is 5.68. The monoisotopic (exact) mass is 539 g/mol. The summed E-state index contributed by atoms with van der Waals surface area (Å²) in [4.78, 5) is 3.75. The number of benzene rings is 1. The molecule has 1 radical (unpaired) electrons. The average molecular weight is 540 g/mol. The molecule has 0 aliphatic rings. The Labute approximate surface area is 229 Å². The van der Waals surface area contributed by atoms with Crippen LogP contribution in [0.4, 0.5) is 23.0 Å². The second-order valence-corrected chi connectivity index (χ2v) is 8.92. The van der Waals surface area contributed by atoms with Crippen LogP contribution >= 0.6 is 23.2 Å². The predicted octanol–water partition coefficient (Wildman–Crippen LogP) is 3.44. The number of nitrogens with one attached hydrogen (secondary N) is 2. The molecule has 0 amide bonds. The molecule has 1 aromatic carbocycles. The second-order valence-electron chi connectivity index (χ2n) is 6.69. The fraction of sp³-hybridized carbons (Fsp3) is 0.368. The minimum Gasteiger partial charge on any atom is -0.396 e. The molecule has 0 saturated carbocycles. The van der Waals surface area contributed by atoms with Crippen LogP contribution in [0.2, 0.25) is 10.0 Å². The van der Waals surface area contributed by atoms with Gasteiger partial charge in [0.15, 0.2) is 5.82 Å². The first-order valence-corrected chi connectivity index (χ1v) is 11.9. The first kappa shape index (κ1) is 30.5. The third-order valence-electron chi connectivity index (χ3n) is 4.30. The Morgan fingerprint density at radius 1 is 1.06 bits per heavy atom. The Hall–Kier alpha value is -1.53. The molecule has 5 N–H and O–H groups in total. The van der Waals surface area contributed by atoms with E-state index >= 15 is 0 Å². The van der Waals surface area contributed by atoms with Crippen LogP contribution in [0.5, 0.6) is 0 Å². The van der Waals surface area contributed by atoms with Crippen molar-refractivity contribution in [1.29, 1.82) is 5.26 Å². The zero-order valence-electron chi connectivity index (χ0n) is 18.5. The molecule has 15 heteroatoms. The van der Waals surface area contributed by atoms with Gasteiger partial charge in [-0.1, -0.05) is 23.2 Å². The van der Waals surface area contributed by atoms with E-state index in [-0.39, 0.29) is 81.4 Å². The van der Waals surface area contributed by atoms with Crippen LogP contribution in [-0.4, -0.2) is 84.0 Å². The smallest absolute Gasteiger partial charge is 0.296 e. The van der Waals surface area contributed by atoms with E-state index in [0.29, 0.717) is 31.5 Å². The minimum atomic E-state index is -4.72. The van der Waals surface area contributed by atoms with E-state index < -0.39 is 15.0 Å². The van der Waals surface area contributed by atoms with Crippen LogP contribution in [0.3, 0.4) is 0 Å². The summed E-state index contributed by atoms with van der Waals surface area (Å²) >= 11 is 11.9. The molecule has 0 spiro atoms. The second kappa shape index (κ2) is 14.1. The molecular formula is C19H22Cl2N6NaO5S. The van der Waals surface area contributed by atoms with Gasteiger partial charge in [0.1, 0.15) is 28.2 Å². The molecule has 34 heavy (non-hydrogen) atoms. The molecule has 0 unspecified atom stereocenters. The Kier molecular flexibility index (Phi) is 12.7. The summed E-state index contributed by atoms with van der Waals surface area (Å²) in [7, 11) is -4.72. The van der Waals surface area contributed by atoms with Gasteiger partial charge in [-0.2, -0.15) is 13.7 Å². The predicted molar refractivity (Wildman–Crippen MR) is 130 cm³/mol. The molecule has 0 atom stereocenters. The van der Waals surface area contributed by atoms with Crippen molar-refractivity contribution in [3.63, 3.8) is 0 Å². The number of nitriles is 1. The summed E-state index contributed by atoms with van der Waals surface area (Å²) in [5, 5.41) is 41.5. The van der Waals surface area contributed by atoms with Crippen molar-refractivity contribution in [1.82, 2.24) is 4.98 Å². The van der Waals surface area contributed by atoms with Gasteiger partial charge in [-0.15, -0.1) is 10.2 Å². The average Bonchev–Trinajstić information content (AvgIpc) is 2.74. The number of aliphatic hydroxyl groups is 2. The molecule has 2 aromatic rings. The molecule has 0 fully saturated rings. The summed E-state index contributed by atoms with van der Waals surface area (Å²) in [5.41, 5.74) is 0.344. The van der Waals surface area contributed by atoms with E-state index in [1.165, 1.54) is 6.07 Å². The molecular weight excluding hydrogens is 518 g/mol. The normalized spacial score (nSPS) is 11.2. The molecule has 0 aliphatic heterocycles. The van der Waals surface area contributed by atoms with E-state index in [0.717, 1.165) is 6.07 Å². The van der Waals surface area contributed by atoms with Crippen LogP contribution in [0.15, 0.2) is 27.3 Å². The largest absolute Gasteiger partial charge is 0.396 e. The van der Waals surface area contributed by atoms with Crippen molar-refractivity contribution < 1.29 is 23.2 Å². The number of aliphatic hydroxyl groups excluding tert-OH is 2. The number of rotatable bonds is 11. The van der Waals surface area contributed by atoms with Crippen molar-refractivity contribution in [3.8, 4) is 6.07 Å². The van der Waals surface area contributed by atoms with Crippen molar-refractivity contribution in [2.24, 2.45) is 10.2 Å².